The molecule has 0 aliphatic carbocycles. The monoisotopic (exact) mass is 359 g/mol. The number of nitrogens with zero attached hydrogens (tertiary/aromatic N) is 1. The van der Waals surface area contributed by atoms with Crippen LogP contribution in [0.3, 0.4) is 0 Å². The van der Waals surface area contributed by atoms with E-state index in [1.165, 1.54) is 6.42 Å². The number of amides is 1. The summed E-state index contributed by atoms with van der Waals surface area (Å²) in [5, 5.41) is 1.43. The van der Waals surface area contributed by atoms with Crippen molar-refractivity contribution in [2.45, 2.75) is 38.3 Å². The summed E-state index contributed by atoms with van der Waals surface area (Å²) in [5.41, 5.74) is 0. The minimum Gasteiger partial charge on any atom is -0.481 e. The van der Waals surface area contributed by atoms with E-state index in [2.05, 4.69) is 15.9 Å². The summed E-state index contributed by atoms with van der Waals surface area (Å²) in [6, 6.07) is 7.42. The van der Waals surface area contributed by atoms with Crippen LogP contribution >= 0.6 is 27.5 Å². The number of hydrogen-bond donors (Lipinski definition) is 0. The van der Waals surface area contributed by atoms with E-state index in [9.17, 15) is 4.79 Å². The Labute approximate surface area is 133 Å². The summed E-state index contributed by atoms with van der Waals surface area (Å²) in [6.07, 6.45) is 2.82. The Morgan fingerprint density at radius 3 is 3.05 bits per heavy atom. The van der Waals surface area contributed by atoms with Crippen LogP contribution in [0.4, 0.5) is 0 Å². The highest BCUT2D eigenvalue weighted by molar-refractivity contribution is 9.09. The molecular weight excluding hydrogens is 342 g/mol. The second kappa shape index (κ2) is 7.32. The first-order valence-electron chi connectivity index (χ1n) is 6.90. The summed E-state index contributed by atoms with van der Waals surface area (Å²) in [5.74, 6) is 0.680. The molecule has 0 saturated carbocycles. The van der Waals surface area contributed by atoms with Crippen LogP contribution in [-0.2, 0) is 4.79 Å². The van der Waals surface area contributed by atoms with Gasteiger partial charge in [0.15, 0.2) is 6.10 Å². The molecule has 1 heterocycles. The molecule has 1 fully saturated rings. The Bertz CT molecular complexity index is 469. The molecule has 1 aliphatic heterocycles. The molecule has 1 aromatic carbocycles. The average Bonchev–Trinajstić information content (AvgIpc) is 2.46. The molecule has 5 heteroatoms. The number of likely N-dealkylation sites (tertiary alicyclic amines) is 1. The van der Waals surface area contributed by atoms with Crippen LogP contribution in [0.25, 0.3) is 0 Å². The molecule has 1 aliphatic rings. The smallest absolute Gasteiger partial charge is 0.263 e. The third kappa shape index (κ3) is 3.89. The maximum absolute atomic E-state index is 12.5. The molecule has 110 valence electrons. The highest BCUT2D eigenvalue weighted by Gasteiger charge is 2.29. The molecule has 20 heavy (non-hydrogen) atoms. The van der Waals surface area contributed by atoms with Crippen LogP contribution in [0.15, 0.2) is 24.3 Å². The number of piperidine rings is 1. The molecule has 0 bridgehead atoms. The fraction of sp³-hybridized carbons (Fsp3) is 0.533. The highest BCUT2D eigenvalue weighted by atomic mass is 79.9. The van der Waals surface area contributed by atoms with Crippen molar-refractivity contribution in [1.82, 2.24) is 4.90 Å². The van der Waals surface area contributed by atoms with E-state index in [0.29, 0.717) is 10.8 Å². The number of halogens is 2. The molecule has 1 amide bonds. The second-order valence-corrected chi connectivity index (χ2v) is 6.14. The maximum atomic E-state index is 12.5. The van der Waals surface area contributed by atoms with Crippen molar-refractivity contribution >= 4 is 33.4 Å². The summed E-state index contributed by atoms with van der Waals surface area (Å²) in [6.45, 7) is 2.61. The fourth-order valence-corrected chi connectivity index (χ4v) is 3.33. The van der Waals surface area contributed by atoms with Gasteiger partial charge in [-0.15, -0.1) is 0 Å². The highest BCUT2D eigenvalue weighted by Crippen LogP contribution is 2.22. The van der Waals surface area contributed by atoms with E-state index < -0.39 is 6.10 Å². The van der Waals surface area contributed by atoms with Crippen molar-refractivity contribution in [2.75, 3.05) is 11.9 Å². The minimum absolute atomic E-state index is 0.0501. The first-order chi connectivity index (χ1) is 9.61. The molecule has 2 unspecified atom stereocenters. The van der Waals surface area contributed by atoms with Crippen molar-refractivity contribution < 1.29 is 9.53 Å². The number of hydrogen-bond acceptors (Lipinski definition) is 2. The van der Waals surface area contributed by atoms with Crippen molar-refractivity contribution in [3.05, 3.63) is 29.3 Å². The Kier molecular flexibility index (Phi) is 5.73. The van der Waals surface area contributed by atoms with Crippen LogP contribution in [0, 0.1) is 0 Å². The van der Waals surface area contributed by atoms with Gasteiger partial charge in [-0.3, -0.25) is 4.79 Å². The molecule has 3 nitrogen and oxygen atoms in total. The Hall–Kier alpha value is -0.740. The molecule has 2 rings (SSSR count). The van der Waals surface area contributed by atoms with Gasteiger partial charge in [0.05, 0.1) is 0 Å². The lowest BCUT2D eigenvalue weighted by molar-refractivity contribution is -0.141. The minimum atomic E-state index is -0.492. The van der Waals surface area contributed by atoms with Gasteiger partial charge in [0.25, 0.3) is 5.91 Å². The zero-order chi connectivity index (χ0) is 14.5. The van der Waals surface area contributed by atoms with E-state index in [-0.39, 0.29) is 11.9 Å². The van der Waals surface area contributed by atoms with Crippen molar-refractivity contribution in [2.24, 2.45) is 0 Å². The SMILES string of the molecule is CC(Oc1cccc(Cl)c1)C(=O)N1CCCCC1CBr. The number of rotatable bonds is 4. The lowest BCUT2D eigenvalue weighted by Gasteiger charge is -2.36. The Balaban J connectivity index is 2.00. The number of alkyl halides is 1. The average molecular weight is 361 g/mol. The van der Waals surface area contributed by atoms with Crippen LogP contribution in [0.1, 0.15) is 26.2 Å². The van der Waals surface area contributed by atoms with Crippen molar-refractivity contribution in [1.29, 1.82) is 0 Å². The zero-order valence-corrected chi connectivity index (χ0v) is 13.9. The summed E-state index contributed by atoms with van der Waals surface area (Å²) in [7, 11) is 0. The lowest BCUT2D eigenvalue weighted by Crippen LogP contribution is -2.49. The van der Waals surface area contributed by atoms with Crippen molar-refractivity contribution in [3.63, 3.8) is 0 Å². The molecular formula is C15H19BrClNO2. The van der Waals surface area contributed by atoms with E-state index in [1.54, 1.807) is 19.1 Å². The predicted molar refractivity (Wildman–Crippen MR) is 84.7 cm³/mol. The Morgan fingerprint density at radius 2 is 2.35 bits per heavy atom. The molecule has 0 N–H and O–H groups in total. The standard InChI is InChI=1S/C15H19BrClNO2/c1-11(20-14-7-4-5-12(17)9-14)15(19)18-8-3-2-6-13(18)10-16/h4-5,7,9,11,13H,2-3,6,8,10H2,1H3. The summed E-state index contributed by atoms with van der Waals surface area (Å²) < 4.78 is 5.71. The first-order valence-corrected chi connectivity index (χ1v) is 8.40. The number of ether oxygens (including phenoxy) is 1. The van der Waals surface area contributed by atoms with Gasteiger partial charge in [-0.2, -0.15) is 0 Å². The van der Waals surface area contributed by atoms with E-state index in [0.717, 1.165) is 24.7 Å². The van der Waals surface area contributed by atoms with Gasteiger partial charge in [0, 0.05) is 22.9 Å². The van der Waals surface area contributed by atoms with Gasteiger partial charge in [-0.1, -0.05) is 33.6 Å². The molecule has 0 aromatic heterocycles. The van der Waals surface area contributed by atoms with Gasteiger partial charge >= 0.3 is 0 Å². The zero-order valence-electron chi connectivity index (χ0n) is 11.5. The van der Waals surface area contributed by atoms with Gasteiger partial charge in [0.1, 0.15) is 5.75 Å². The lowest BCUT2D eigenvalue weighted by atomic mass is 10.0. The van der Waals surface area contributed by atoms with Crippen molar-refractivity contribution in [3.8, 4) is 5.75 Å². The molecule has 0 spiro atoms. The van der Waals surface area contributed by atoms with Gasteiger partial charge < -0.3 is 9.64 Å². The van der Waals surface area contributed by atoms with E-state index in [1.807, 2.05) is 17.0 Å². The molecule has 1 saturated heterocycles. The summed E-state index contributed by atoms with van der Waals surface area (Å²) in [4.78, 5) is 14.4. The van der Waals surface area contributed by atoms with Gasteiger partial charge in [0.2, 0.25) is 0 Å². The van der Waals surface area contributed by atoms with Crippen LogP contribution in [0.5, 0.6) is 5.75 Å². The second-order valence-electron chi connectivity index (χ2n) is 5.05. The van der Waals surface area contributed by atoms with E-state index >= 15 is 0 Å². The predicted octanol–water partition coefficient (Wildman–Crippen LogP) is 3.88. The van der Waals surface area contributed by atoms with Gasteiger partial charge in [-0.25, -0.2) is 0 Å². The number of carbonyl (C=O) groups is 1. The third-order valence-electron chi connectivity index (χ3n) is 3.55. The van der Waals surface area contributed by atoms with Crippen LogP contribution in [0.2, 0.25) is 5.02 Å². The fourth-order valence-electron chi connectivity index (χ4n) is 2.48. The number of carbonyl (C=O) groups excluding carboxylic acids is 1. The molecule has 0 radical (unpaired) electrons. The summed E-state index contributed by atoms with van der Waals surface area (Å²) >= 11 is 9.41. The van der Waals surface area contributed by atoms with Gasteiger partial charge in [-0.05, 0) is 44.4 Å². The van der Waals surface area contributed by atoms with Crippen LogP contribution < -0.4 is 4.74 Å². The first kappa shape index (κ1) is 15.6. The molecule has 1 aromatic rings. The maximum Gasteiger partial charge on any atom is 0.263 e. The number of benzene rings is 1. The quantitative estimate of drug-likeness (QED) is 0.763. The molecule has 2 atom stereocenters. The Morgan fingerprint density at radius 1 is 1.55 bits per heavy atom. The van der Waals surface area contributed by atoms with E-state index in [4.69, 9.17) is 16.3 Å². The topological polar surface area (TPSA) is 29.5 Å². The van der Waals surface area contributed by atoms with Crippen LogP contribution in [-0.4, -0.2) is 34.8 Å². The normalized spacial score (nSPS) is 20.6. The third-order valence-corrected chi connectivity index (χ3v) is 4.53. The largest absolute Gasteiger partial charge is 0.481 e.